The third-order valence-corrected chi connectivity index (χ3v) is 4.01. The minimum atomic E-state index is -0.584. The molecule has 0 bridgehead atoms. The Bertz CT molecular complexity index is 835. The summed E-state index contributed by atoms with van der Waals surface area (Å²) in [5, 5.41) is 0. The predicted octanol–water partition coefficient (Wildman–Crippen LogP) is 2.85. The van der Waals surface area contributed by atoms with Crippen molar-refractivity contribution >= 4 is 17.7 Å². The first-order chi connectivity index (χ1) is 12.9. The lowest BCUT2D eigenvalue weighted by molar-refractivity contribution is -0.142. The minimum absolute atomic E-state index is 0.154. The second-order valence-electron chi connectivity index (χ2n) is 5.74. The van der Waals surface area contributed by atoms with Crippen LogP contribution in [0.15, 0.2) is 24.3 Å². The highest BCUT2D eigenvalue weighted by molar-refractivity contribution is 6.11. The van der Waals surface area contributed by atoms with Crippen molar-refractivity contribution in [3.8, 4) is 5.75 Å². The summed E-state index contributed by atoms with van der Waals surface area (Å²) >= 11 is 0. The molecule has 0 aliphatic rings. The van der Waals surface area contributed by atoms with E-state index in [2.05, 4.69) is 4.98 Å². The van der Waals surface area contributed by atoms with E-state index in [1.54, 1.807) is 52.1 Å². The average molecular weight is 373 g/mol. The molecule has 2 aromatic rings. The fourth-order valence-electron chi connectivity index (χ4n) is 2.74. The molecule has 0 fully saturated rings. The molecule has 2 rings (SSSR count). The predicted molar refractivity (Wildman–Crippen MR) is 98.2 cm³/mol. The number of aromatic nitrogens is 1. The summed E-state index contributed by atoms with van der Waals surface area (Å²) in [6.07, 6.45) is -0.154. The number of methoxy groups -OCH3 is 1. The summed E-state index contributed by atoms with van der Waals surface area (Å²) in [4.78, 5) is 40.0. The summed E-state index contributed by atoms with van der Waals surface area (Å²) in [5.74, 6) is -0.743. The number of rotatable bonds is 8. The van der Waals surface area contributed by atoms with Crippen molar-refractivity contribution in [2.75, 3.05) is 20.3 Å². The average Bonchev–Trinajstić information content (AvgIpc) is 2.97. The van der Waals surface area contributed by atoms with Crippen molar-refractivity contribution in [1.29, 1.82) is 0 Å². The van der Waals surface area contributed by atoms with Crippen LogP contribution < -0.4 is 4.74 Å². The van der Waals surface area contributed by atoms with Gasteiger partial charge in [-0.1, -0.05) is 0 Å². The SMILES string of the molecule is CCOC(=O)Cc1[nH]c(C(=O)c2ccc(OC)cc2)c(C)c1C(=O)OCC. The van der Waals surface area contributed by atoms with Gasteiger partial charge in [0.05, 0.1) is 38.0 Å². The second kappa shape index (κ2) is 9.02. The molecule has 144 valence electrons. The maximum absolute atomic E-state index is 12.9. The van der Waals surface area contributed by atoms with E-state index in [1.807, 2.05) is 0 Å². The van der Waals surface area contributed by atoms with Gasteiger partial charge in [0.25, 0.3) is 0 Å². The van der Waals surface area contributed by atoms with Gasteiger partial charge in [-0.05, 0) is 50.6 Å². The van der Waals surface area contributed by atoms with Gasteiger partial charge in [0, 0.05) is 11.3 Å². The molecule has 1 aromatic carbocycles. The van der Waals surface area contributed by atoms with Crippen LogP contribution in [0.5, 0.6) is 5.75 Å². The molecule has 0 aliphatic carbocycles. The van der Waals surface area contributed by atoms with Crippen molar-refractivity contribution in [3.05, 3.63) is 52.3 Å². The first kappa shape index (κ1) is 20.2. The maximum atomic E-state index is 12.9. The number of hydrogen-bond donors (Lipinski definition) is 1. The van der Waals surface area contributed by atoms with E-state index in [4.69, 9.17) is 14.2 Å². The zero-order valence-electron chi connectivity index (χ0n) is 15.9. The van der Waals surface area contributed by atoms with Gasteiger partial charge >= 0.3 is 11.9 Å². The van der Waals surface area contributed by atoms with E-state index in [-0.39, 0.29) is 36.7 Å². The summed E-state index contributed by atoms with van der Waals surface area (Å²) in [6, 6.07) is 6.63. The number of ether oxygens (including phenoxy) is 3. The smallest absolute Gasteiger partial charge is 0.340 e. The van der Waals surface area contributed by atoms with E-state index in [0.717, 1.165) is 0 Å². The highest BCUT2D eigenvalue weighted by atomic mass is 16.5. The van der Waals surface area contributed by atoms with Crippen LogP contribution in [0.4, 0.5) is 0 Å². The molecule has 1 heterocycles. The lowest BCUT2D eigenvalue weighted by Crippen LogP contribution is -2.13. The Morgan fingerprint density at radius 2 is 1.63 bits per heavy atom. The number of H-pyrrole nitrogens is 1. The summed E-state index contributed by atoms with van der Waals surface area (Å²) in [6.45, 7) is 5.44. The number of carbonyl (C=O) groups is 3. The third kappa shape index (κ3) is 4.55. The standard InChI is InChI=1S/C20H23NO6/c1-5-26-16(22)11-15-17(20(24)27-6-2)12(3)18(21-15)19(23)13-7-9-14(25-4)10-8-13/h7-10,21H,5-6,11H2,1-4H3. The second-order valence-corrected chi connectivity index (χ2v) is 5.74. The van der Waals surface area contributed by atoms with Crippen LogP contribution in [0.3, 0.4) is 0 Å². The van der Waals surface area contributed by atoms with Crippen molar-refractivity contribution in [2.24, 2.45) is 0 Å². The first-order valence-corrected chi connectivity index (χ1v) is 8.65. The third-order valence-electron chi connectivity index (χ3n) is 4.01. The molecule has 0 saturated heterocycles. The van der Waals surface area contributed by atoms with E-state index >= 15 is 0 Å². The Morgan fingerprint density at radius 1 is 1.00 bits per heavy atom. The van der Waals surface area contributed by atoms with Gasteiger partial charge in [-0.25, -0.2) is 4.79 Å². The van der Waals surface area contributed by atoms with E-state index in [1.165, 1.54) is 0 Å². The van der Waals surface area contributed by atoms with Gasteiger partial charge in [-0.15, -0.1) is 0 Å². The van der Waals surface area contributed by atoms with Gasteiger partial charge in [-0.3, -0.25) is 9.59 Å². The normalized spacial score (nSPS) is 10.4. The summed E-state index contributed by atoms with van der Waals surface area (Å²) < 4.78 is 15.1. The van der Waals surface area contributed by atoms with E-state index < -0.39 is 11.9 Å². The number of carbonyl (C=O) groups excluding carboxylic acids is 3. The number of nitrogens with one attached hydrogen (secondary N) is 1. The summed E-state index contributed by atoms with van der Waals surface area (Å²) in [7, 11) is 1.54. The molecule has 0 atom stereocenters. The molecule has 0 aliphatic heterocycles. The largest absolute Gasteiger partial charge is 0.497 e. The van der Waals surface area contributed by atoms with Crippen LogP contribution in [-0.2, 0) is 20.7 Å². The molecular formula is C20H23NO6. The molecule has 0 radical (unpaired) electrons. The molecule has 0 unspecified atom stereocenters. The molecule has 0 saturated carbocycles. The molecule has 1 aromatic heterocycles. The Balaban J connectivity index is 2.44. The van der Waals surface area contributed by atoms with Crippen LogP contribution in [-0.4, -0.2) is 43.0 Å². The molecule has 27 heavy (non-hydrogen) atoms. The number of ketones is 1. The van der Waals surface area contributed by atoms with Gasteiger partial charge < -0.3 is 19.2 Å². The lowest BCUT2D eigenvalue weighted by atomic mass is 10.0. The van der Waals surface area contributed by atoms with E-state index in [0.29, 0.717) is 22.6 Å². The number of esters is 2. The Labute approximate surface area is 157 Å². The quantitative estimate of drug-likeness (QED) is 0.565. The molecular weight excluding hydrogens is 350 g/mol. The fraction of sp³-hybridized carbons (Fsp3) is 0.350. The number of benzene rings is 1. The molecule has 7 heteroatoms. The lowest BCUT2D eigenvalue weighted by Gasteiger charge is -2.05. The Morgan fingerprint density at radius 3 is 2.19 bits per heavy atom. The molecule has 7 nitrogen and oxygen atoms in total. The van der Waals surface area contributed by atoms with Gasteiger partial charge in [0.1, 0.15) is 5.75 Å². The highest BCUT2D eigenvalue weighted by Crippen LogP contribution is 2.24. The fourth-order valence-corrected chi connectivity index (χ4v) is 2.74. The van der Waals surface area contributed by atoms with Gasteiger partial charge in [0.2, 0.25) is 5.78 Å². The topological polar surface area (TPSA) is 94.7 Å². The van der Waals surface area contributed by atoms with Crippen molar-refractivity contribution in [1.82, 2.24) is 4.98 Å². The van der Waals surface area contributed by atoms with Crippen molar-refractivity contribution < 1.29 is 28.6 Å². The first-order valence-electron chi connectivity index (χ1n) is 8.65. The van der Waals surface area contributed by atoms with Crippen molar-refractivity contribution in [2.45, 2.75) is 27.2 Å². The summed E-state index contributed by atoms with van der Waals surface area (Å²) in [5.41, 5.74) is 1.61. The molecule has 0 spiro atoms. The highest BCUT2D eigenvalue weighted by Gasteiger charge is 2.26. The van der Waals surface area contributed by atoms with Gasteiger partial charge in [-0.2, -0.15) is 0 Å². The Kier molecular flexibility index (Phi) is 6.76. The molecule has 1 N–H and O–H groups in total. The zero-order chi connectivity index (χ0) is 20.0. The Hall–Kier alpha value is -3.09. The van der Waals surface area contributed by atoms with Crippen molar-refractivity contribution in [3.63, 3.8) is 0 Å². The van der Waals surface area contributed by atoms with Crippen LogP contribution in [0.1, 0.15) is 51.5 Å². The number of aromatic amines is 1. The maximum Gasteiger partial charge on any atom is 0.340 e. The zero-order valence-corrected chi connectivity index (χ0v) is 15.9. The van der Waals surface area contributed by atoms with Crippen LogP contribution in [0, 0.1) is 6.92 Å². The van der Waals surface area contributed by atoms with Crippen LogP contribution in [0.25, 0.3) is 0 Å². The van der Waals surface area contributed by atoms with E-state index in [9.17, 15) is 14.4 Å². The monoisotopic (exact) mass is 373 g/mol. The minimum Gasteiger partial charge on any atom is -0.497 e. The van der Waals surface area contributed by atoms with Crippen LogP contribution in [0.2, 0.25) is 0 Å². The number of hydrogen-bond acceptors (Lipinski definition) is 6. The molecule has 0 amide bonds. The van der Waals surface area contributed by atoms with Gasteiger partial charge in [0.15, 0.2) is 0 Å². The van der Waals surface area contributed by atoms with Crippen LogP contribution >= 0.6 is 0 Å².